The lowest BCUT2D eigenvalue weighted by molar-refractivity contribution is -0.135. The molecule has 0 spiro atoms. The maximum absolute atomic E-state index is 13.1. The number of carbonyl (C=O) groups excluding carboxylic acids is 1. The number of aromatic nitrogens is 4. The Morgan fingerprint density at radius 2 is 2.12 bits per heavy atom. The van der Waals surface area contributed by atoms with Gasteiger partial charge in [-0.2, -0.15) is 0 Å². The van der Waals surface area contributed by atoms with Gasteiger partial charge in [-0.05, 0) is 31.9 Å². The summed E-state index contributed by atoms with van der Waals surface area (Å²) in [5.74, 6) is 0.801. The van der Waals surface area contributed by atoms with Gasteiger partial charge in [0, 0.05) is 32.8 Å². The zero-order valence-electron chi connectivity index (χ0n) is 18.5. The first kappa shape index (κ1) is 22.8. The largest absolute Gasteiger partial charge is 0.382 e. The van der Waals surface area contributed by atoms with E-state index in [1.54, 1.807) is 4.57 Å². The molecule has 172 valence electrons. The fourth-order valence-electron chi connectivity index (χ4n) is 3.91. The van der Waals surface area contributed by atoms with E-state index in [0.29, 0.717) is 62.2 Å². The number of hydrogen-bond acceptors (Lipinski definition) is 7. The molecule has 2 aromatic heterocycles. The number of carbonyl (C=O) groups is 1. The van der Waals surface area contributed by atoms with Crippen LogP contribution in [0.1, 0.15) is 26.7 Å². The van der Waals surface area contributed by atoms with E-state index in [4.69, 9.17) is 9.47 Å². The molecule has 3 heterocycles. The number of rotatable bonds is 9. The maximum atomic E-state index is 13.1. The van der Waals surface area contributed by atoms with Gasteiger partial charge in [-0.25, -0.2) is 0 Å². The van der Waals surface area contributed by atoms with Gasteiger partial charge in [-0.3, -0.25) is 18.6 Å². The number of ether oxygens (including phenoxy) is 2. The predicted molar refractivity (Wildman–Crippen MR) is 123 cm³/mol. The summed E-state index contributed by atoms with van der Waals surface area (Å²) in [6.07, 6.45) is 1.69. The second kappa shape index (κ2) is 10.5. The van der Waals surface area contributed by atoms with Gasteiger partial charge in [0.05, 0.1) is 29.4 Å². The molecule has 1 aromatic carbocycles. The smallest absolute Gasteiger partial charge is 0.262 e. The number of amides is 1. The van der Waals surface area contributed by atoms with Crippen molar-refractivity contribution >= 4 is 34.3 Å². The van der Waals surface area contributed by atoms with Crippen LogP contribution >= 0.6 is 11.8 Å². The normalized spacial score (nSPS) is 16.8. The van der Waals surface area contributed by atoms with Crippen LogP contribution < -0.4 is 5.56 Å². The van der Waals surface area contributed by atoms with E-state index in [1.807, 2.05) is 40.5 Å². The van der Waals surface area contributed by atoms with Gasteiger partial charge in [-0.15, -0.1) is 10.2 Å². The summed E-state index contributed by atoms with van der Waals surface area (Å²) < 4.78 is 14.6. The van der Waals surface area contributed by atoms with Crippen LogP contribution in [0.5, 0.6) is 0 Å². The highest BCUT2D eigenvalue weighted by Crippen LogP contribution is 2.22. The van der Waals surface area contributed by atoms with Crippen molar-refractivity contribution in [2.24, 2.45) is 0 Å². The van der Waals surface area contributed by atoms with Crippen molar-refractivity contribution in [1.29, 1.82) is 0 Å². The zero-order chi connectivity index (χ0) is 22.5. The van der Waals surface area contributed by atoms with E-state index < -0.39 is 0 Å². The molecule has 32 heavy (non-hydrogen) atoms. The van der Waals surface area contributed by atoms with Gasteiger partial charge in [0.15, 0.2) is 5.16 Å². The summed E-state index contributed by atoms with van der Waals surface area (Å²) in [6, 6.07) is 7.44. The lowest BCUT2D eigenvalue weighted by Crippen LogP contribution is -2.46. The fraction of sp³-hybridized carbons (Fsp3) is 0.545. The monoisotopic (exact) mass is 459 g/mol. The number of benzene rings is 1. The molecule has 1 fully saturated rings. The zero-order valence-corrected chi connectivity index (χ0v) is 19.3. The van der Waals surface area contributed by atoms with Gasteiger partial charge in [0.1, 0.15) is 0 Å². The van der Waals surface area contributed by atoms with E-state index >= 15 is 0 Å². The Morgan fingerprint density at radius 3 is 2.94 bits per heavy atom. The number of morpholine rings is 1. The lowest BCUT2D eigenvalue weighted by Gasteiger charge is -2.32. The van der Waals surface area contributed by atoms with Crippen molar-refractivity contribution in [3.05, 3.63) is 34.6 Å². The average Bonchev–Trinajstić information content (AvgIpc) is 3.26. The Kier molecular flexibility index (Phi) is 7.44. The fourth-order valence-corrected chi connectivity index (χ4v) is 4.75. The Labute approximate surface area is 190 Å². The third-order valence-corrected chi connectivity index (χ3v) is 6.54. The highest BCUT2D eigenvalue weighted by atomic mass is 32.2. The first-order chi connectivity index (χ1) is 15.6. The van der Waals surface area contributed by atoms with Crippen LogP contribution in [0, 0.1) is 0 Å². The summed E-state index contributed by atoms with van der Waals surface area (Å²) in [5.41, 5.74) is 0.648. The Hall–Kier alpha value is -2.43. The highest BCUT2D eigenvalue weighted by molar-refractivity contribution is 7.99. The third-order valence-electron chi connectivity index (χ3n) is 5.62. The van der Waals surface area contributed by atoms with E-state index in [9.17, 15) is 9.59 Å². The number of fused-ring (bicyclic) bond motifs is 3. The molecule has 0 saturated carbocycles. The minimum atomic E-state index is -0.0939. The second-order valence-electron chi connectivity index (χ2n) is 7.67. The van der Waals surface area contributed by atoms with Crippen LogP contribution in [-0.4, -0.2) is 74.7 Å². The summed E-state index contributed by atoms with van der Waals surface area (Å²) in [7, 11) is 0. The van der Waals surface area contributed by atoms with E-state index in [-0.39, 0.29) is 23.3 Å². The van der Waals surface area contributed by atoms with E-state index in [2.05, 4.69) is 17.1 Å². The summed E-state index contributed by atoms with van der Waals surface area (Å²) in [5, 5.41) is 9.84. The predicted octanol–water partition coefficient (Wildman–Crippen LogP) is 2.20. The molecule has 1 atom stereocenters. The molecule has 0 N–H and O–H groups in total. The number of hydrogen-bond donors (Lipinski definition) is 0. The van der Waals surface area contributed by atoms with Crippen LogP contribution in [0.2, 0.25) is 0 Å². The number of aryl methyl sites for hydroxylation is 1. The van der Waals surface area contributed by atoms with Crippen LogP contribution in [0.15, 0.2) is 34.2 Å². The van der Waals surface area contributed by atoms with Crippen molar-refractivity contribution in [2.75, 3.05) is 38.7 Å². The minimum absolute atomic E-state index is 0.0582. The van der Waals surface area contributed by atoms with Gasteiger partial charge >= 0.3 is 0 Å². The molecule has 1 aliphatic rings. The maximum Gasteiger partial charge on any atom is 0.262 e. The topological polar surface area (TPSA) is 91.0 Å². The van der Waals surface area contributed by atoms with Crippen molar-refractivity contribution in [1.82, 2.24) is 24.1 Å². The number of nitrogens with zero attached hydrogens (tertiary/aromatic N) is 5. The first-order valence-electron chi connectivity index (χ1n) is 11.1. The van der Waals surface area contributed by atoms with Crippen molar-refractivity contribution in [2.45, 2.75) is 44.5 Å². The summed E-state index contributed by atoms with van der Waals surface area (Å²) in [6.45, 7) is 7.52. The SMILES string of the molecule is CCOCCCn1c(=O)c2ccccc2n2c(SCC(=O)N3CCOC(CC)C3)nnc12. The van der Waals surface area contributed by atoms with Gasteiger partial charge in [-0.1, -0.05) is 30.8 Å². The molecular formula is C22H29N5O4S. The third kappa shape index (κ3) is 4.67. The van der Waals surface area contributed by atoms with Gasteiger partial charge in [0.2, 0.25) is 11.7 Å². The van der Waals surface area contributed by atoms with E-state index in [1.165, 1.54) is 11.8 Å². The highest BCUT2D eigenvalue weighted by Gasteiger charge is 2.24. The van der Waals surface area contributed by atoms with Crippen molar-refractivity contribution in [3.63, 3.8) is 0 Å². The number of para-hydroxylation sites is 1. The molecule has 0 bridgehead atoms. The molecule has 1 saturated heterocycles. The molecule has 3 aromatic rings. The summed E-state index contributed by atoms with van der Waals surface area (Å²) >= 11 is 1.35. The molecular weight excluding hydrogens is 430 g/mol. The van der Waals surface area contributed by atoms with Gasteiger partial charge in [0.25, 0.3) is 5.56 Å². The molecule has 1 amide bonds. The Bertz CT molecular complexity index is 1140. The van der Waals surface area contributed by atoms with Gasteiger partial charge < -0.3 is 14.4 Å². The Morgan fingerprint density at radius 1 is 1.28 bits per heavy atom. The quantitative estimate of drug-likeness (QED) is 0.358. The second-order valence-corrected chi connectivity index (χ2v) is 8.61. The Balaban J connectivity index is 1.61. The van der Waals surface area contributed by atoms with Crippen LogP contribution in [-0.2, 0) is 20.8 Å². The molecule has 1 aliphatic heterocycles. The molecule has 1 unspecified atom stereocenters. The van der Waals surface area contributed by atoms with Crippen molar-refractivity contribution < 1.29 is 14.3 Å². The standard InChI is InChI=1S/C22H29N5O4S/c1-3-16-14-25(11-13-31-16)19(28)15-32-22-24-23-21-26(10-7-12-30-4-2)20(29)17-8-5-6-9-18(17)27(21)22/h5-6,8-9,16H,3-4,7,10-15H2,1-2H3. The molecule has 9 nitrogen and oxygen atoms in total. The first-order valence-corrected chi connectivity index (χ1v) is 12.1. The van der Waals surface area contributed by atoms with Crippen LogP contribution in [0.4, 0.5) is 0 Å². The van der Waals surface area contributed by atoms with Crippen molar-refractivity contribution in [3.8, 4) is 0 Å². The van der Waals surface area contributed by atoms with Crippen LogP contribution in [0.25, 0.3) is 16.7 Å². The number of thioether (sulfide) groups is 1. The minimum Gasteiger partial charge on any atom is -0.382 e. The molecule has 4 rings (SSSR count). The lowest BCUT2D eigenvalue weighted by atomic mass is 10.2. The molecule has 0 aliphatic carbocycles. The summed E-state index contributed by atoms with van der Waals surface area (Å²) in [4.78, 5) is 27.8. The van der Waals surface area contributed by atoms with Crippen LogP contribution in [0.3, 0.4) is 0 Å². The average molecular weight is 460 g/mol. The molecule has 10 heteroatoms. The van der Waals surface area contributed by atoms with E-state index in [0.717, 1.165) is 11.9 Å². The molecule has 0 radical (unpaired) electrons.